The summed E-state index contributed by atoms with van der Waals surface area (Å²) in [6.45, 7) is 1.87. The van der Waals surface area contributed by atoms with Crippen LogP contribution >= 0.6 is 0 Å². The van der Waals surface area contributed by atoms with Crippen LogP contribution in [0.15, 0.2) is 48.5 Å². The highest BCUT2D eigenvalue weighted by atomic mass is 16.6. The Labute approximate surface area is 151 Å². The average Bonchev–Trinajstić information content (AvgIpc) is 2.65. The standard InChI is InChI=1S/C20H19NO5/c1-20(11-15-5-3-4-6-16(15)18(23)26-20)19(24)21-12-13-7-9-14(10-8-13)17(22)25-2/h3-10H,11-12H2,1-2H3,(H,21,24)/t20-/m1/s1. The van der Waals surface area contributed by atoms with E-state index in [9.17, 15) is 14.4 Å². The first-order valence-corrected chi connectivity index (χ1v) is 8.20. The molecule has 0 saturated heterocycles. The lowest BCUT2D eigenvalue weighted by molar-refractivity contribution is -0.139. The Bertz CT molecular complexity index is 859. The summed E-state index contributed by atoms with van der Waals surface area (Å²) in [5, 5.41) is 2.79. The molecule has 0 saturated carbocycles. The molecule has 3 rings (SSSR count). The number of amides is 1. The minimum atomic E-state index is -1.25. The third-order valence-electron chi connectivity index (χ3n) is 4.39. The average molecular weight is 353 g/mol. The van der Waals surface area contributed by atoms with Gasteiger partial charge in [0.05, 0.1) is 18.2 Å². The van der Waals surface area contributed by atoms with E-state index in [4.69, 9.17) is 4.74 Å². The summed E-state index contributed by atoms with van der Waals surface area (Å²) < 4.78 is 10.1. The number of fused-ring (bicyclic) bond motifs is 1. The number of ether oxygens (including phenoxy) is 2. The van der Waals surface area contributed by atoms with E-state index in [1.54, 1.807) is 43.3 Å². The lowest BCUT2D eigenvalue weighted by Crippen LogP contribution is -2.51. The molecular formula is C20H19NO5. The van der Waals surface area contributed by atoms with Crippen LogP contribution in [0.4, 0.5) is 0 Å². The number of methoxy groups -OCH3 is 1. The van der Waals surface area contributed by atoms with Crippen molar-refractivity contribution in [3.8, 4) is 0 Å². The molecule has 0 bridgehead atoms. The van der Waals surface area contributed by atoms with Crippen molar-refractivity contribution in [3.63, 3.8) is 0 Å². The van der Waals surface area contributed by atoms with E-state index < -0.39 is 17.5 Å². The van der Waals surface area contributed by atoms with Crippen molar-refractivity contribution >= 4 is 17.8 Å². The van der Waals surface area contributed by atoms with E-state index in [0.29, 0.717) is 17.5 Å². The lowest BCUT2D eigenvalue weighted by atomic mass is 9.89. The van der Waals surface area contributed by atoms with E-state index in [2.05, 4.69) is 10.1 Å². The van der Waals surface area contributed by atoms with Crippen molar-refractivity contribution in [1.29, 1.82) is 0 Å². The third kappa shape index (κ3) is 3.44. The molecule has 26 heavy (non-hydrogen) atoms. The quantitative estimate of drug-likeness (QED) is 0.853. The van der Waals surface area contributed by atoms with Crippen LogP contribution in [0.5, 0.6) is 0 Å². The molecule has 0 spiro atoms. The summed E-state index contributed by atoms with van der Waals surface area (Å²) in [6.07, 6.45) is 0.321. The predicted molar refractivity (Wildman–Crippen MR) is 93.6 cm³/mol. The Morgan fingerprint density at radius 1 is 1.15 bits per heavy atom. The number of carbonyl (C=O) groups is 3. The monoisotopic (exact) mass is 353 g/mol. The summed E-state index contributed by atoms with van der Waals surface area (Å²) in [5.41, 5.74) is 1.29. The van der Waals surface area contributed by atoms with Gasteiger partial charge in [-0.2, -0.15) is 0 Å². The van der Waals surface area contributed by atoms with Gasteiger partial charge in [-0.05, 0) is 36.2 Å². The minimum Gasteiger partial charge on any atom is -0.465 e. The maximum Gasteiger partial charge on any atom is 0.339 e. The van der Waals surface area contributed by atoms with Crippen LogP contribution in [-0.4, -0.2) is 30.6 Å². The highest BCUT2D eigenvalue weighted by molar-refractivity contribution is 5.97. The van der Waals surface area contributed by atoms with Gasteiger partial charge in [0.1, 0.15) is 0 Å². The molecule has 1 atom stereocenters. The van der Waals surface area contributed by atoms with Gasteiger partial charge in [-0.3, -0.25) is 4.79 Å². The number of benzene rings is 2. The number of hydrogen-bond acceptors (Lipinski definition) is 5. The van der Waals surface area contributed by atoms with Gasteiger partial charge in [0, 0.05) is 13.0 Å². The van der Waals surface area contributed by atoms with Crippen LogP contribution in [0.25, 0.3) is 0 Å². The highest BCUT2D eigenvalue weighted by Gasteiger charge is 2.42. The summed E-state index contributed by atoms with van der Waals surface area (Å²) in [6, 6.07) is 13.8. The molecule has 1 amide bonds. The molecule has 6 heteroatoms. The topological polar surface area (TPSA) is 81.7 Å². The van der Waals surface area contributed by atoms with Gasteiger partial charge in [-0.25, -0.2) is 9.59 Å². The summed E-state index contributed by atoms with van der Waals surface area (Å²) in [5.74, 6) is -1.27. The zero-order chi connectivity index (χ0) is 18.7. The molecule has 0 aliphatic carbocycles. The van der Waals surface area contributed by atoms with Crippen LogP contribution in [0, 0.1) is 0 Å². The Morgan fingerprint density at radius 3 is 2.54 bits per heavy atom. The maximum absolute atomic E-state index is 12.6. The second-order valence-electron chi connectivity index (χ2n) is 6.33. The molecule has 134 valence electrons. The molecule has 0 fully saturated rings. The lowest BCUT2D eigenvalue weighted by Gasteiger charge is -2.33. The fourth-order valence-corrected chi connectivity index (χ4v) is 2.91. The fourth-order valence-electron chi connectivity index (χ4n) is 2.91. The van der Waals surface area contributed by atoms with Gasteiger partial charge in [-0.1, -0.05) is 30.3 Å². The Morgan fingerprint density at radius 2 is 1.85 bits per heavy atom. The van der Waals surface area contributed by atoms with Gasteiger partial charge >= 0.3 is 11.9 Å². The number of hydrogen-bond donors (Lipinski definition) is 1. The molecule has 2 aromatic rings. The Balaban J connectivity index is 1.67. The molecule has 1 N–H and O–H groups in total. The SMILES string of the molecule is COC(=O)c1ccc(CNC(=O)[C@@]2(C)Cc3ccccc3C(=O)O2)cc1. The first-order chi connectivity index (χ1) is 12.4. The number of esters is 2. The van der Waals surface area contributed by atoms with Crippen molar-refractivity contribution in [1.82, 2.24) is 5.32 Å². The summed E-state index contributed by atoms with van der Waals surface area (Å²) >= 11 is 0. The predicted octanol–water partition coefficient (Wildman–Crippen LogP) is 2.26. The van der Waals surface area contributed by atoms with Crippen molar-refractivity contribution in [3.05, 3.63) is 70.8 Å². The van der Waals surface area contributed by atoms with E-state index in [1.807, 2.05) is 12.1 Å². The number of cyclic esters (lactones) is 1. The Hall–Kier alpha value is -3.15. The zero-order valence-corrected chi connectivity index (χ0v) is 14.6. The van der Waals surface area contributed by atoms with E-state index in [-0.39, 0.29) is 12.5 Å². The number of nitrogens with one attached hydrogen (secondary N) is 1. The Kier molecular flexibility index (Phi) is 4.75. The van der Waals surface area contributed by atoms with Crippen LogP contribution in [0.1, 0.15) is 38.8 Å². The van der Waals surface area contributed by atoms with E-state index in [1.165, 1.54) is 7.11 Å². The van der Waals surface area contributed by atoms with Crippen molar-refractivity contribution < 1.29 is 23.9 Å². The molecule has 0 radical (unpaired) electrons. The van der Waals surface area contributed by atoms with Crippen molar-refractivity contribution in [2.75, 3.05) is 7.11 Å². The third-order valence-corrected chi connectivity index (χ3v) is 4.39. The largest absolute Gasteiger partial charge is 0.465 e. The zero-order valence-electron chi connectivity index (χ0n) is 14.6. The molecule has 6 nitrogen and oxygen atoms in total. The van der Waals surface area contributed by atoms with E-state index in [0.717, 1.165) is 11.1 Å². The van der Waals surface area contributed by atoms with Crippen LogP contribution < -0.4 is 5.32 Å². The van der Waals surface area contributed by atoms with Gasteiger partial charge < -0.3 is 14.8 Å². The highest BCUT2D eigenvalue weighted by Crippen LogP contribution is 2.28. The molecule has 1 aliphatic rings. The maximum atomic E-state index is 12.6. The van der Waals surface area contributed by atoms with Crippen LogP contribution in [0.2, 0.25) is 0 Å². The van der Waals surface area contributed by atoms with Crippen molar-refractivity contribution in [2.45, 2.75) is 25.5 Å². The van der Waals surface area contributed by atoms with Gasteiger partial charge in [0.25, 0.3) is 5.91 Å². The summed E-state index contributed by atoms with van der Waals surface area (Å²) in [4.78, 5) is 36.2. The minimum absolute atomic E-state index is 0.259. The van der Waals surface area contributed by atoms with E-state index >= 15 is 0 Å². The molecular weight excluding hydrogens is 334 g/mol. The van der Waals surface area contributed by atoms with Crippen molar-refractivity contribution in [2.24, 2.45) is 0 Å². The summed E-state index contributed by atoms with van der Waals surface area (Å²) in [7, 11) is 1.32. The van der Waals surface area contributed by atoms with Gasteiger partial charge in [0.15, 0.2) is 5.60 Å². The van der Waals surface area contributed by atoms with Gasteiger partial charge in [-0.15, -0.1) is 0 Å². The molecule has 1 heterocycles. The van der Waals surface area contributed by atoms with Crippen LogP contribution in [0.3, 0.4) is 0 Å². The normalized spacial score (nSPS) is 18.5. The smallest absolute Gasteiger partial charge is 0.339 e. The first-order valence-electron chi connectivity index (χ1n) is 8.20. The molecule has 0 unspecified atom stereocenters. The molecule has 2 aromatic carbocycles. The second kappa shape index (κ2) is 7.00. The first kappa shape index (κ1) is 17.7. The van der Waals surface area contributed by atoms with Gasteiger partial charge in [0.2, 0.25) is 0 Å². The molecule has 1 aliphatic heterocycles. The van der Waals surface area contributed by atoms with Crippen LogP contribution in [-0.2, 0) is 27.2 Å². The number of carbonyl (C=O) groups excluding carboxylic acids is 3. The molecule has 0 aromatic heterocycles. The number of rotatable bonds is 4. The fraction of sp³-hybridized carbons (Fsp3) is 0.250. The second-order valence-corrected chi connectivity index (χ2v) is 6.33.